The molecule has 2 heterocycles. The number of aliphatic hydroxyl groups excluding tert-OH is 1. The van der Waals surface area contributed by atoms with Crippen LogP contribution in [0.3, 0.4) is 0 Å². The summed E-state index contributed by atoms with van der Waals surface area (Å²) in [5.74, 6) is -1.86. The van der Waals surface area contributed by atoms with Crippen molar-refractivity contribution in [2.75, 3.05) is 31.1 Å². The number of halogens is 2. The minimum atomic E-state index is -0.935. The monoisotopic (exact) mass is 353 g/mol. The Morgan fingerprint density at radius 2 is 1.84 bits per heavy atom. The highest BCUT2D eigenvalue weighted by Crippen LogP contribution is 2.31. The van der Waals surface area contributed by atoms with E-state index in [4.69, 9.17) is 4.74 Å². The van der Waals surface area contributed by atoms with Crippen molar-refractivity contribution in [3.8, 4) is 0 Å². The number of ether oxygens (including phenoxy) is 1. The van der Waals surface area contributed by atoms with Crippen LogP contribution < -0.4 is 4.90 Å². The van der Waals surface area contributed by atoms with E-state index in [2.05, 4.69) is 5.10 Å². The highest BCUT2D eigenvalue weighted by Gasteiger charge is 2.28. The van der Waals surface area contributed by atoms with Crippen molar-refractivity contribution in [3.63, 3.8) is 0 Å². The van der Waals surface area contributed by atoms with Gasteiger partial charge in [-0.25, -0.2) is 8.78 Å². The van der Waals surface area contributed by atoms with Crippen LogP contribution in [-0.2, 0) is 11.3 Å². The van der Waals surface area contributed by atoms with E-state index < -0.39 is 11.6 Å². The third-order valence-corrected chi connectivity index (χ3v) is 4.64. The topological polar surface area (TPSA) is 48.3 Å². The molecule has 0 bridgehead atoms. The molecule has 2 saturated heterocycles. The van der Waals surface area contributed by atoms with Crippen LogP contribution in [0, 0.1) is 11.6 Å². The lowest BCUT2D eigenvalue weighted by Gasteiger charge is -2.38. The zero-order chi connectivity index (χ0) is 18.0. The molecule has 0 unspecified atom stereocenters. The van der Waals surface area contributed by atoms with Gasteiger partial charge in [0.05, 0.1) is 30.7 Å². The molecule has 0 amide bonds. The Labute approximate surface area is 146 Å². The highest BCUT2D eigenvalue weighted by atomic mass is 19.2. The molecule has 0 spiro atoms. The number of aliphatic hydroxyl groups is 1. The van der Waals surface area contributed by atoms with Crippen LogP contribution in [0.15, 0.2) is 11.2 Å². The van der Waals surface area contributed by atoms with Gasteiger partial charge in [0, 0.05) is 37.3 Å². The Hall–Kier alpha value is -1.73. The lowest BCUT2D eigenvalue weighted by Crippen LogP contribution is -2.46. The maximum atomic E-state index is 14.8. The van der Waals surface area contributed by atoms with E-state index in [9.17, 15) is 13.9 Å². The summed E-state index contributed by atoms with van der Waals surface area (Å²) in [4.78, 5) is 1.75. The summed E-state index contributed by atoms with van der Waals surface area (Å²) in [5.41, 5.74) is 0.551. The summed E-state index contributed by atoms with van der Waals surface area (Å²) in [5, 5.41) is 15.8. The van der Waals surface area contributed by atoms with Crippen LogP contribution in [0.5, 0.6) is 0 Å². The predicted molar refractivity (Wildman–Crippen MR) is 92.9 cm³/mol. The maximum Gasteiger partial charge on any atom is 0.183 e. The van der Waals surface area contributed by atoms with E-state index in [0.29, 0.717) is 18.7 Å². The Bertz CT molecular complexity index is 638. The van der Waals surface area contributed by atoms with Crippen LogP contribution in [0.1, 0.15) is 37.8 Å². The standard InChI is InChI=1S/C18H25F2N3O2/c1-12-9-22(10-13(2)25-12)18-15(11-24)7-14(16(19)17(18)20)8-21-23-5-3-4-6-23/h7-8,12-13,24H,3-6,9-11H2,1-2H3/b21-8+/t12-,13+. The second-order valence-electron chi connectivity index (χ2n) is 6.83. The van der Waals surface area contributed by atoms with Crippen molar-refractivity contribution in [3.05, 3.63) is 28.8 Å². The van der Waals surface area contributed by atoms with Gasteiger partial charge in [-0.15, -0.1) is 0 Å². The lowest BCUT2D eigenvalue weighted by atomic mass is 10.1. The summed E-state index contributed by atoms with van der Waals surface area (Å²) < 4.78 is 35.0. The van der Waals surface area contributed by atoms with Crippen molar-refractivity contribution in [2.45, 2.75) is 45.5 Å². The first-order chi connectivity index (χ1) is 12.0. The first kappa shape index (κ1) is 18.1. The van der Waals surface area contributed by atoms with Crippen LogP contribution in [0.4, 0.5) is 14.5 Å². The molecule has 5 nitrogen and oxygen atoms in total. The molecule has 1 aromatic rings. The smallest absolute Gasteiger partial charge is 0.183 e. The second-order valence-corrected chi connectivity index (χ2v) is 6.83. The lowest BCUT2D eigenvalue weighted by molar-refractivity contribution is -0.00554. The first-order valence-corrected chi connectivity index (χ1v) is 8.80. The summed E-state index contributed by atoms with van der Waals surface area (Å²) in [7, 11) is 0. The zero-order valence-corrected chi connectivity index (χ0v) is 14.7. The van der Waals surface area contributed by atoms with Crippen LogP contribution >= 0.6 is 0 Å². The second kappa shape index (κ2) is 7.66. The Morgan fingerprint density at radius 3 is 2.44 bits per heavy atom. The summed E-state index contributed by atoms with van der Waals surface area (Å²) in [6.07, 6.45) is 3.28. The van der Waals surface area contributed by atoms with Crippen LogP contribution in [0.2, 0.25) is 0 Å². The number of hydrogen-bond donors (Lipinski definition) is 1. The molecule has 0 aromatic heterocycles. The largest absolute Gasteiger partial charge is 0.392 e. The van der Waals surface area contributed by atoms with Gasteiger partial charge >= 0.3 is 0 Å². The minimum Gasteiger partial charge on any atom is -0.392 e. The molecule has 1 N–H and O–H groups in total. The fraction of sp³-hybridized carbons (Fsp3) is 0.611. The van der Waals surface area contributed by atoms with Crippen molar-refractivity contribution < 1.29 is 18.6 Å². The number of hydrazone groups is 1. The number of rotatable bonds is 4. The Morgan fingerprint density at radius 1 is 1.20 bits per heavy atom. The molecule has 2 aliphatic rings. The summed E-state index contributed by atoms with van der Waals surface area (Å²) in [6.45, 7) is 5.99. The van der Waals surface area contributed by atoms with E-state index in [1.807, 2.05) is 18.9 Å². The van der Waals surface area contributed by atoms with Gasteiger partial charge in [0.15, 0.2) is 11.6 Å². The third kappa shape index (κ3) is 3.93. The van der Waals surface area contributed by atoms with Crippen LogP contribution in [-0.4, -0.2) is 54.7 Å². The maximum absolute atomic E-state index is 14.8. The third-order valence-electron chi connectivity index (χ3n) is 4.64. The SMILES string of the molecule is C[C@@H]1CN(c2c(CO)cc(/C=N/N3CCCC3)c(F)c2F)C[C@H](C)O1. The van der Waals surface area contributed by atoms with Gasteiger partial charge in [-0.05, 0) is 32.8 Å². The molecule has 0 saturated carbocycles. The molecule has 25 heavy (non-hydrogen) atoms. The van der Waals surface area contributed by atoms with Crippen molar-refractivity contribution in [2.24, 2.45) is 5.10 Å². The molecular formula is C18H25F2N3O2. The molecule has 0 aliphatic carbocycles. The van der Waals surface area contributed by atoms with Gasteiger partial charge in [-0.3, -0.25) is 5.01 Å². The van der Waals surface area contributed by atoms with E-state index in [-0.39, 0.29) is 30.1 Å². The zero-order valence-electron chi connectivity index (χ0n) is 14.7. The van der Waals surface area contributed by atoms with Gasteiger partial charge in [-0.2, -0.15) is 5.10 Å². The highest BCUT2D eigenvalue weighted by molar-refractivity contribution is 5.82. The fourth-order valence-corrected chi connectivity index (χ4v) is 3.57. The average molecular weight is 353 g/mol. The molecule has 7 heteroatoms. The van der Waals surface area contributed by atoms with Gasteiger partial charge in [0.1, 0.15) is 0 Å². The summed E-state index contributed by atoms with van der Waals surface area (Å²) >= 11 is 0. The molecule has 2 atom stereocenters. The normalized spacial score (nSPS) is 24.5. The summed E-state index contributed by atoms with van der Waals surface area (Å²) in [6, 6.07) is 1.48. The van der Waals surface area contributed by atoms with Gasteiger partial charge < -0.3 is 14.7 Å². The van der Waals surface area contributed by atoms with E-state index in [0.717, 1.165) is 25.9 Å². The number of hydrogen-bond acceptors (Lipinski definition) is 5. The quantitative estimate of drug-likeness (QED) is 0.845. The predicted octanol–water partition coefficient (Wildman–Crippen LogP) is 2.50. The van der Waals surface area contributed by atoms with Crippen molar-refractivity contribution in [1.29, 1.82) is 0 Å². The minimum absolute atomic E-state index is 0.0616. The number of nitrogens with zero attached hydrogens (tertiary/aromatic N) is 3. The molecule has 2 fully saturated rings. The van der Waals surface area contributed by atoms with Gasteiger partial charge in [-0.1, -0.05) is 0 Å². The van der Waals surface area contributed by atoms with Crippen molar-refractivity contribution in [1.82, 2.24) is 5.01 Å². The Kier molecular flexibility index (Phi) is 5.54. The van der Waals surface area contributed by atoms with Crippen molar-refractivity contribution >= 4 is 11.9 Å². The van der Waals surface area contributed by atoms with Crippen LogP contribution in [0.25, 0.3) is 0 Å². The number of anilines is 1. The molecule has 138 valence electrons. The first-order valence-electron chi connectivity index (χ1n) is 8.80. The number of benzene rings is 1. The molecular weight excluding hydrogens is 328 g/mol. The molecule has 2 aliphatic heterocycles. The van der Waals surface area contributed by atoms with Gasteiger partial charge in [0.25, 0.3) is 0 Å². The fourth-order valence-electron chi connectivity index (χ4n) is 3.57. The Balaban J connectivity index is 1.92. The molecule has 0 radical (unpaired) electrons. The average Bonchev–Trinajstić information content (AvgIpc) is 3.08. The molecule has 1 aromatic carbocycles. The van der Waals surface area contributed by atoms with E-state index in [1.165, 1.54) is 12.3 Å². The number of morpholine rings is 1. The van der Waals surface area contributed by atoms with Gasteiger partial charge in [0.2, 0.25) is 0 Å². The van der Waals surface area contributed by atoms with E-state index in [1.54, 1.807) is 4.90 Å². The van der Waals surface area contributed by atoms with E-state index >= 15 is 0 Å². The molecule has 3 rings (SSSR count).